The maximum atomic E-state index is 14.1. The number of β-amino-alcohol motifs (C(OH)–C–C–N with tert-alkyl or cyclic N) is 1. The molecular formula is C29H40F15N5O9. The summed E-state index contributed by atoms with van der Waals surface area (Å²) in [5.74, 6) is -48.4. The fourth-order valence-corrected chi connectivity index (χ4v) is 5.13. The van der Waals surface area contributed by atoms with Gasteiger partial charge in [0.25, 0.3) is 0 Å². The van der Waals surface area contributed by atoms with Crippen LogP contribution < -0.4 is 5.32 Å². The van der Waals surface area contributed by atoms with Crippen molar-refractivity contribution >= 4 is 23.8 Å². The van der Waals surface area contributed by atoms with Gasteiger partial charge in [-0.3, -0.25) is 38.8 Å². The molecule has 1 rings (SSSR count). The Bertz CT molecular complexity index is 1350. The van der Waals surface area contributed by atoms with Gasteiger partial charge in [-0.15, -0.1) is 0 Å². The lowest BCUT2D eigenvalue weighted by Gasteiger charge is -2.39. The molecule has 1 unspecified atom stereocenters. The van der Waals surface area contributed by atoms with Gasteiger partial charge in [0.15, 0.2) is 0 Å². The monoisotopic (exact) mass is 887 g/mol. The van der Waals surface area contributed by atoms with Crippen molar-refractivity contribution in [2.45, 2.75) is 60.7 Å². The van der Waals surface area contributed by atoms with Gasteiger partial charge in [-0.25, -0.2) is 0 Å². The van der Waals surface area contributed by atoms with Crippen molar-refractivity contribution in [2.75, 3.05) is 98.3 Å². The Morgan fingerprint density at radius 1 is 0.552 bits per heavy atom. The van der Waals surface area contributed by atoms with Crippen LogP contribution in [0.25, 0.3) is 0 Å². The highest BCUT2D eigenvalue weighted by atomic mass is 19.4. The second kappa shape index (κ2) is 20.7. The Balaban J connectivity index is 2.84. The molecule has 1 heterocycles. The second-order valence-corrected chi connectivity index (χ2v) is 13.1. The predicted molar refractivity (Wildman–Crippen MR) is 163 cm³/mol. The van der Waals surface area contributed by atoms with Crippen LogP contribution in [-0.2, 0) is 23.9 Å². The van der Waals surface area contributed by atoms with E-state index in [0.717, 1.165) is 0 Å². The Morgan fingerprint density at radius 3 is 1.29 bits per heavy atom. The zero-order valence-corrected chi connectivity index (χ0v) is 29.9. The van der Waals surface area contributed by atoms with Crippen molar-refractivity contribution in [3.05, 3.63) is 0 Å². The molecule has 58 heavy (non-hydrogen) atoms. The summed E-state index contributed by atoms with van der Waals surface area (Å²) < 4.78 is 205. The van der Waals surface area contributed by atoms with Gasteiger partial charge in [-0.1, -0.05) is 0 Å². The first-order valence-corrected chi connectivity index (χ1v) is 16.6. The Labute approximate surface area is 318 Å². The van der Waals surface area contributed by atoms with Crippen molar-refractivity contribution in [1.29, 1.82) is 0 Å². The molecule has 1 saturated heterocycles. The molecule has 340 valence electrons. The number of hydrogen-bond donors (Lipinski definition) is 5. The molecule has 1 aliphatic rings. The van der Waals surface area contributed by atoms with Gasteiger partial charge >= 0.3 is 59.6 Å². The number of halogens is 15. The number of rotatable bonds is 21. The molecule has 0 radical (unpaired) electrons. The molecule has 5 N–H and O–H groups in total. The lowest BCUT2D eigenvalue weighted by Crippen LogP contribution is -2.67. The van der Waals surface area contributed by atoms with Crippen LogP contribution in [0.3, 0.4) is 0 Å². The lowest BCUT2D eigenvalue weighted by atomic mass is 9.91. The third-order valence-electron chi connectivity index (χ3n) is 8.39. The largest absolute Gasteiger partial charge is 0.480 e. The number of aliphatic hydroxyl groups is 1. The number of alkyl halides is 15. The van der Waals surface area contributed by atoms with Crippen LogP contribution in [-0.4, -0.2) is 210 Å². The van der Waals surface area contributed by atoms with E-state index in [-0.39, 0.29) is 58.9 Å². The molecule has 1 atom stereocenters. The molecule has 29 heteroatoms. The molecule has 1 aliphatic heterocycles. The van der Waals surface area contributed by atoms with Gasteiger partial charge < -0.3 is 30.5 Å². The fourth-order valence-electron chi connectivity index (χ4n) is 5.13. The molecule has 0 saturated carbocycles. The number of carbonyl (C=O) groups is 4. The number of aliphatic carboxylic acids is 3. The van der Waals surface area contributed by atoms with Gasteiger partial charge in [0.2, 0.25) is 5.91 Å². The molecule has 14 nitrogen and oxygen atoms in total. The Morgan fingerprint density at radius 2 is 0.931 bits per heavy atom. The van der Waals surface area contributed by atoms with Gasteiger partial charge in [0, 0.05) is 71.9 Å². The van der Waals surface area contributed by atoms with Gasteiger partial charge in [0.1, 0.15) is 6.61 Å². The molecule has 1 fully saturated rings. The SMILES string of the molecule is O=C(O)CN1CCN(CC(=O)O)CCN(CC(O)CNC(=O)COCCC(F)(F)C(F)(F)CC(F)(F)C(F)(F)C(F)(F)C(F)(F)C(F)(F)F)CCN(CC(=O)O)CC1. The van der Waals surface area contributed by atoms with E-state index < -0.39 is 124 Å². The van der Waals surface area contributed by atoms with Crippen molar-refractivity contribution in [1.82, 2.24) is 24.9 Å². The van der Waals surface area contributed by atoms with E-state index in [4.69, 9.17) is 0 Å². The van der Waals surface area contributed by atoms with E-state index in [2.05, 4.69) is 4.74 Å². The molecule has 0 aromatic carbocycles. The molecule has 0 aromatic heterocycles. The summed E-state index contributed by atoms with van der Waals surface area (Å²) in [7, 11) is 0. The topological polar surface area (TPSA) is 183 Å². The summed E-state index contributed by atoms with van der Waals surface area (Å²) in [4.78, 5) is 52.1. The summed E-state index contributed by atoms with van der Waals surface area (Å²) >= 11 is 0. The maximum Gasteiger partial charge on any atom is 0.460 e. The van der Waals surface area contributed by atoms with Crippen LogP contribution in [0.4, 0.5) is 65.9 Å². The van der Waals surface area contributed by atoms with E-state index in [0.29, 0.717) is 0 Å². The summed E-state index contributed by atoms with van der Waals surface area (Å²) in [5, 5.41) is 40.4. The highest BCUT2D eigenvalue weighted by Gasteiger charge is 2.88. The van der Waals surface area contributed by atoms with Crippen molar-refractivity contribution in [2.24, 2.45) is 0 Å². The highest BCUT2D eigenvalue weighted by molar-refractivity contribution is 5.77. The normalized spacial score (nSPS) is 18.3. The standard InChI is InChI=1S/C29H40F15N5O9/c30-23(31,24(32,33)17-25(34,35)26(36,37)27(38,39)28(40,41)29(42,43)44)1-10-58-16-19(51)45-11-18(50)12-46-2-4-47(13-20(52)53)6-8-49(15-22(56)57)9-7-48(5-3-46)14-21(54)55/h18,50H,1-17H2,(H,45,51)(H,52,53)(H,54,55)(H,56,57). The first kappa shape index (κ1) is 52.6. The zero-order chi connectivity index (χ0) is 45.1. The van der Waals surface area contributed by atoms with Gasteiger partial charge in [0.05, 0.1) is 38.8 Å². The van der Waals surface area contributed by atoms with Crippen LogP contribution in [0.1, 0.15) is 12.8 Å². The Kier molecular flexibility index (Phi) is 18.8. The van der Waals surface area contributed by atoms with E-state index in [1.807, 2.05) is 5.32 Å². The van der Waals surface area contributed by atoms with Crippen LogP contribution in [0.2, 0.25) is 0 Å². The third kappa shape index (κ3) is 15.0. The third-order valence-corrected chi connectivity index (χ3v) is 8.39. The van der Waals surface area contributed by atoms with Crippen molar-refractivity contribution in [3.8, 4) is 0 Å². The number of aliphatic hydroxyl groups excluding tert-OH is 1. The molecule has 0 aliphatic carbocycles. The summed E-state index contributed by atoms with van der Waals surface area (Å²) in [6, 6.07) is 0. The average molecular weight is 888 g/mol. The minimum absolute atomic E-state index is 0.0449. The van der Waals surface area contributed by atoms with E-state index in [1.54, 1.807) is 4.90 Å². The number of carboxylic acid groups (broad SMARTS) is 3. The summed E-state index contributed by atoms with van der Waals surface area (Å²) in [6.07, 6.45) is -15.8. The average Bonchev–Trinajstić information content (AvgIpc) is 3.04. The quantitative estimate of drug-likeness (QED) is 0.0836. The number of amides is 1. The van der Waals surface area contributed by atoms with Crippen LogP contribution in [0.5, 0.6) is 0 Å². The number of carboxylic acids is 3. The van der Waals surface area contributed by atoms with E-state index in [9.17, 15) is 105 Å². The summed E-state index contributed by atoms with van der Waals surface area (Å²) in [6.45, 7) is -4.64. The van der Waals surface area contributed by atoms with E-state index >= 15 is 0 Å². The van der Waals surface area contributed by atoms with Gasteiger partial charge in [-0.2, -0.15) is 65.9 Å². The minimum atomic E-state index is -8.09. The minimum Gasteiger partial charge on any atom is -0.480 e. The van der Waals surface area contributed by atoms with Crippen LogP contribution in [0, 0.1) is 0 Å². The molecule has 0 spiro atoms. The second-order valence-electron chi connectivity index (χ2n) is 13.1. The zero-order valence-electron chi connectivity index (χ0n) is 29.9. The maximum absolute atomic E-state index is 14.1. The first-order chi connectivity index (χ1) is 26.2. The molecular weight excluding hydrogens is 847 g/mol. The van der Waals surface area contributed by atoms with E-state index in [1.165, 1.54) is 14.7 Å². The number of nitrogens with one attached hydrogen (secondary N) is 1. The van der Waals surface area contributed by atoms with Crippen molar-refractivity contribution in [3.63, 3.8) is 0 Å². The predicted octanol–water partition coefficient (Wildman–Crippen LogP) is 2.11. The van der Waals surface area contributed by atoms with Crippen molar-refractivity contribution < 1.29 is 110 Å². The smallest absolute Gasteiger partial charge is 0.460 e. The van der Waals surface area contributed by atoms with Gasteiger partial charge in [-0.05, 0) is 0 Å². The number of nitrogens with zero attached hydrogens (tertiary/aromatic N) is 4. The molecule has 0 aromatic rings. The van der Waals surface area contributed by atoms with Crippen LogP contribution in [0.15, 0.2) is 0 Å². The summed E-state index contributed by atoms with van der Waals surface area (Å²) in [5.41, 5.74) is 0. The number of ether oxygens (including phenoxy) is 1. The fraction of sp³-hybridized carbons (Fsp3) is 0.862. The van der Waals surface area contributed by atoms with Crippen LogP contribution >= 0.6 is 0 Å². The highest BCUT2D eigenvalue weighted by Crippen LogP contribution is 2.59. The lowest BCUT2D eigenvalue weighted by molar-refractivity contribution is -0.427. The Hall–Kier alpha value is -3.41. The first-order valence-electron chi connectivity index (χ1n) is 16.6. The molecule has 1 amide bonds. The number of hydrogen-bond acceptors (Lipinski definition) is 10. The molecule has 0 bridgehead atoms. The number of carbonyl (C=O) groups excluding carboxylic acids is 1.